The van der Waals surface area contributed by atoms with Gasteiger partial charge in [0.2, 0.25) is 0 Å². The highest BCUT2D eigenvalue weighted by atomic mass is 19.4. The molecule has 0 aromatic heterocycles. The predicted molar refractivity (Wildman–Crippen MR) is 68.8 cm³/mol. The van der Waals surface area contributed by atoms with Gasteiger partial charge >= 0.3 is 6.18 Å². The van der Waals surface area contributed by atoms with E-state index < -0.39 is 11.7 Å². The van der Waals surface area contributed by atoms with E-state index in [-0.39, 0.29) is 0 Å². The van der Waals surface area contributed by atoms with Crippen LogP contribution in [0.2, 0.25) is 0 Å². The molecule has 1 atom stereocenters. The van der Waals surface area contributed by atoms with Crippen molar-refractivity contribution in [3.63, 3.8) is 0 Å². The van der Waals surface area contributed by atoms with Gasteiger partial charge in [-0.3, -0.25) is 0 Å². The molecule has 1 aliphatic rings. The first-order valence-electron chi connectivity index (χ1n) is 6.53. The van der Waals surface area contributed by atoms with Crippen molar-refractivity contribution in [3.8, 4) is 0 Å². The van der Waals surface area contributed by atoms with Crippen LogP contribution in [0, 0.1) is 0 Å². The smallest absolute Gasteiger partial charge is 0.309 e. The van der Waals surface area contributed by atoms with E-state index in [1.54, 1.807) is 6.07 Å². The van der Waals surface area contributed by atoms with Crippen LogP contribution in [0.3, 0.4) is 0 Å². The summed E-state index contributed by atoms with van der Waals surface area (Å²) in [7, 11) is 2.07. The molecule has 1 heterocycles. The Balaban J connectivity index is 1.92. The Kier molecular flexibility index (Phi) is 4.47. The average molecular weight is 272 g/mol. The molecule has 0 aliphatic carbocycles. The van der Waals surface area contributed by atoms with Crippen LogP contribution >= 0.6 is 0 Å². The lowest BCUT2D eigenvalue weighted by Crippen LogP contribution is -2.43. The fourth-order valence-corrected chi connectivity index (χ4v) is 2.45. The van der Waals surface area contributed by atoms with E-state index in [0.717, 1.165) is 32.0 Å². The van der Waals surface area contributed by atoms with Gasteiger partial charge in [0, 0.05) is 19.1 Å². The van der Waals surface area contributed by atoms with Gasteiger partial charge < -0.3 is 10.2 Å². The Bertz CT molecular complexity index is 417. The number of piperidine rings is 1. The summed E-state index contributed by atoms with van der Waals surface area (Å²) in [5, 5.41) is 3.34. The van der Waals surface area contributed by atoms with Gasteiger partial charge in [-0.15, -0.1) is 0 Å². The second-order valence-electron chi connectivity index (χ2n) is 5.18. The molecule has 1 N–H and O–H groups in total. The number of nitrogens with one attached hydrogen (secondary N) is 1. The van der Waals surface area contributed by atoms with Crippen molar-refractivity contribution in [1.82, 2.24) is 10.2 Å². The zero-order valence-corrected chi connectivity index (χ0v) is 11.0. The van der Waals surface area contributed by atoms with E-state index in [1.165, 1.54) is 12.1 Å². The maximum Gasteiger partial charge on any atom is 0.416 e. The minimum Gasteiger partial charge on any atom is -0.309 e. The van der Waals surface area contributed by atoms with Gasteiger partial charge in [-0.25, -0.2) is 0 Å². The van der Waals surface area contributed by atoms with Crippen molar-refractivity contribution in [3.05, 3.63) is 35.4 Å². The second kappa shape index (κ2) is 5.92. The topological polar surface area (TPSA) is 15.3 Å². The summed E-state index contributed by atoms with van der Waals surface area (Å²) in [4.78, 5) is 2.24. The summed E-state index contributed by atoms with van der Waals surface area (Å²) >= 11 is 0. The number of hydrogen-bond acceptors (Lipinski definition) is 2. The highest BCUT2D eigenvalue weighted by Crippen LogP contribution is 2.29. The van der Waals surface area contributed by atoms with Crippen molar-refractivity contribution < 1.29 is 13.2 Å². The number of alkyl halides is 3. The standard InChI is InChI=1S/C14H19F3N2/c1-19-7-3-6-13(10-19)18-9-11-4-2-5-12(8-11)14(15,16)17/h2,4-5,8,13,18H,3,6-7,9-10H2,1H3. The van der Waals surface area contributed by atoms with Crippen LogP contribution in [0.25, 0.3) is 0 Å². The molecule has 0 spiro atoms. The zero-order chi connectivity index (χ0) is 13.9. The molecule has 1 saturated heterocycles. The van der Waals surface area contributed by atoms with E-state index in [0.29, 0.717) is 18.2 Å². The van der Waals surface area contributed by atoms with Gasteiger partial charge in [-0.2, -0.15) is 13.2 Å². The molecule has 0 amide bonds. The Morgan fingerprint density at radius 2 is 2.16 bits per heavy atom. The maximum atomic E-state index is 12.6. The van der Waals surface area contributed by atoms with E-state index in [2.05, 4.69) is 17.3 Å². The molecule has 106 valence electrons. The third-order valence-corrected chi connectivity index (χ3v) is 3.47. The molecule has 0 radical (unpaired) electrons. The molecule has 2 nitrogen and oxygen atoms in total. The van der Waals surface area contributed by atoms with Crippen LogP contribution in [-0.2, 0) is 12.7 Å². The average Bonchev–Trinajstić information content (AvgIpc) is 2.36. The summed E-state index contributed by atoms with van der Waals surface area (Å²) in [5.74, 6) is 0. The Morgan fingerprint density at radius 1 is 1.37 bits per heavy atom. The number of halogens is 3. The number of rotatable bonds is 3. The number of benzene rings is 1. The fraction of sp³-hybridized carbons (Fsp3) is 0.571. The van der Waals surface area contributed by atoms with Crippen molar-refractivity contribution in [2.45, 2.75) is 31.6 Å². The maximum absolute atomic E-state index is 12.6. The van der Waals surface area contributed by atoms with Crippen molar-refractivity contribution in [1.29, 1.82) is 0 Å². The first-order chi connectivity index (χ1) is 8.95. The lowest BCUT2D eigenvalue weighted by molar-refractivity contribution is -0.137. The van der Waals surface area contributed by atoms with Gasteiger partial charge in [-0.05, 0) is 38.1 Å². The largest absolute Gasteiger partial charge is 0.416 e. The van der Waals surface area contributed by atoms with Gasteiger partial charge in [0.15, 0.2) is 0 Å². The minimum atomic E-state index is -4.26. The molecule has 1 aliphatic heterocycles. The summed E-state index contributed by atoms with van der Waals surface area (Å²) in [6.45, 7) is 2.54. The summed E-state index contributed by atoms with van der Waals surface area (Å²) in [6.07, 6.45) is -2.04. The van der Waals surface area contributed by atoms with Crippen LogP contribution in [0.5, 0.6) is 0 Å². The van der Waals surface area contributed by atoms with E-state index >= 15 is 0 Å². The molecule has 19 heavy (non-hydrogen) atoms. The van der Waals surface area contributed by atoms with Gasteiger partial charge in [0.1, 0.15) is 0 Å². The highest BCUT2D eigenvalue weighted by molar-refractivity contribution is 5.25. The molecular formula is C14H19F3N2. The quantitative estimate of drug-likeness (QED) is 0.910. The molecule has 1 unspecified atom stereocenters. The monoisotopic (exact) mass is 272 g/mol. The highest BCUT2D eigenvalue weighted by Gasteiger charge is 2.30. The molecule has 0 bridgehead atoms. The number of nitrogens with zero attached hydrogens (tertiary/aromatic N) is 1. The van der Waals surface area contributed by atoms with Crippen LogP contribution in [0.4, 0.5) is 13.2 Å². The SMILES string of the molecule is CN1CCCC(NCc2cccc(C(F)(F)F)c2)C1. The Hall–Kier alpha value is -1.07. The van der Waals surface area contributed by atoms with Crippen LogP contribution in [-0.4, -0.2) is 31.1 Å². The summed E-state index contributed by atoms with van der Waals surface area (Å²) in [6, 6.07) is 5.90. The molecule has 1 aromatic carbocycles. The van der Waals surface area contributed by atoms with Gasteiger partial charge in [0.05, 0.1) is 5.56 Å². The van der Waals surface area contributed by atoms with Crippen molar-refractivity contribution in [2.24, 2.45) is 0 Å². The summed E-state index contributed by atoms with van der Waals surface area (Å²) in [5.41, 5.74) is 0.107. The van der Waals surface area contributed by atoms with E-state index in [9.17, 15) is 13.2 Å². The fourth-order valence-electron chi connectivity index (χ4n) is 2.45. The third kappa shape index (κ3) is 4.21. The van der Waals surface area contributed by atoms with Crippen molar-refractivity contribution >= 4 is 0 Å². The second-order valence-corrected chi connectivity index (χ2v) is 5.18. The normalized spacial score (nSPS) is 21.6. The van der Waals surface area contributed by atoms with Crippen molar-refractivity contribution in [2.75, 3.05) is 20.1 Å². The molecule has 5 heteroatoms. The zero-order valence-electron chi connectivity index (χ0n) is 11.0. The lowest BCUT2D eigenvalue weighted by Gasteiger charge is -2.30. The van der Waals surface area contributed by atoms with E-state index in [4.69, 9.17) is 0 Å². The molecule has 0 saturated carbocycles. The van der Waals surface area contributed by atoms with Crippen LogP contribution in [0.15, 0.2) is 24.3 Å². The first-order valence-corrected chi connectivity index (χ1v) is 6.53. The predicted octanol–water partition coefficient (Wildman–Crippen LogP) is 2.89. The number of likely N-dealkylation sites (tertiary alicyclic amines) is 1. The third-order valence-electron chi connectivity index (χ3n) is 3.47. The van der Waals surface area contributed by atoms with Gasteiger partial charge in [-0.1, -0.05) is 18.2 Å². The Labute approximate surface area is 111 Å². The molecule has 2 rings (SSSR count). The first kappa shape index (κ1) is 14.3. The molecular weight excluding hydrogens is 253 g/mol. The molecule has 1 aromatic rings. The lowest BCUT2D eigenvalue weighted by atomic mass is 10.1. The van der Waals surface area contributed by atoms with Crippen LogP contribution in [0.1, 0.15) is 24.0 Å². The number of hydrogen-bond donors (Lipinski definition) is 1. The number of likely N-dealkylation sites (N-methyl/N-ethyl adjacent to an activating group) is 1. The van der Waals surface area contributed by atoms with E-state index in [1.807, 2.05) is 0 Å². The van der Waals surface area contributed by atoms with Crippen LogP contribution < -0.4 is 5.32 Å². The summed E-state index contributed by atoms with van der Waals surface area (Å²) < 4.78 is 37.8. The minimum absolute atomic E-state index is 0.369. The molecule has 1 fully saturated rings. The Morgan fingerprint density at radius 3 is 2.84 bits per heavy atom. The van der Waals surface area contributed by atoms with Gasteiger partial charge in [0.25, 0.3) is 0 Å².